The van der Waals surface area contributed by atoms with E-state index in [4.69, 9.17) is 5.11 Å². The average Bonchev–Trinajstić information content (AvgIpc) is 2.19. The van der Waals surface area contributed by atoms with Crippen LogP contribution in [0.2, 0.25) is 0 Å². The van der Waals surface area contributed by atoms with E-state index in [9.17, 15) is 4.79 Å². The monoisotopic (exact) mass is 193 g/mol. The van der Waals surface area contributed by atoms with Crippen LogP contribution in [0.15, 0.2) is 12.1 Å². The number of rotatable bonds is 2. The zero-order chi connectivity index (χ0) is 10.7. The Morgan fingerprint density at radius 2 is 1.93 bits per heavy atom. The number of carbonyl (C=O) groups is 1. The third-order valence-corrected chi connectivity index (χ3v) is 2.48. The van der Waals surface area contributed by atoms with E-state index in [1.54, 1.807) is 0 Å². The van der Waals surface area contributed by atoms with Gasteiger partial charge in [0.2, 0.25) is 5.91 Å². The molecule has 1 amide bonds. The van der Waals surface area contributed by atoms with E-state index in [0.717, 1.165) is 11.3 Å². The summed E-state index contributed by atoms with van der Waals surface area (Å²) in [5, 5.41) is 11.2. The van der Waals surface area contributed by atoms with Crippen LogP contribution < -0.4 is 5.32 Å². The molecule has 0 aliphatic rings. The highest BCUT2D eigenvalue weighted by Gasteiger charge is 2.05. The van der Waals surface area contributed by atoms with Gasteiger partial charge in [0, 0.05) is 5.69 Å². The van der Waals surface area contributed by atoms with Crippen molar-refractivity contribution in [1.82, 2.24) is 0 Å². The fourth-order valence-electron chi connectivity index (χ4n) is 1.28. The average molecular weight is 193 g/mol. The molecule has 0 saturated carbocycles. The second-order valence-corrected chi connectivity index (χ2v) is 3.39. The minimum atomic E-state index is -0.480. The van der Waals surface area contributed by atoms with E-state index in [-0.39, 0.29) is 5.91 Å². The van der Waals surface area contributed by atoms with Gasteiger partial charge in [-0.25, -0.2) is 0 Å². The van der Waals surface area contributed by atoms with Gasteiger partial charge in [0.25, 0.3) is 0 Å². The topological polar surface area (TPSA) is 49.3 Å². The Morgan fingerprint density at radius 3 is 2.50 bits per heavy atom. The van der Waals surface area contributed by atoms with Crippen molar-refractivity contribution in [3.8, 4) is 0 Å². The summed E-state index contributed by atoms with van der Waals surface area (Å²) < 4.78 is 0. The van der Waals surface area contributed by atoms with Crippen LogP contribution in [0.5, 0.6) is 0 Å². The second kappa shape index (κ2) is 4.24. The molecular weight excluding hydrogens is 178 g/mol. The summed E-state index contributed by atoms with van der Waals surface area (Å²) in [5.41, 5.74) is 4.18. The molecule has 3 nitrogen and oxygen atoms in total. The Kier molecular flexibility index (Phi) is 3.25. The summed E-state index contributed by atoms with van der Waals surface area (Å²) >= 11 is 0. The summed E-state index contributed by atoms with van der Waals surface area (Å²) in [4.78, 5) is 11.0. The molecule has 14 heavy (non-hydrogen) atoms. The van der Waals surface area contributed by atoms with Gasteiger partial charge in [-0.1, -0.05) is 6.07 Å². The van der Waals surface area contributed by atoms with Crippen molar-refractivity contribution in [2.45, 2.75) is 20.8 Å². The lowest BCUT2D eigenvalue weighted by molar-refractivity contribution is -0.118. The van der Waals surface area contributed by atoms with Crippen LogP contribution in [-0.2, 0) is 4.79 Å². The molecule has 0 aliphatic heterocycles. The van der Waals surface area contributed by atoms with Crippen LogP contribution in [0, 0.1) is 20.8 Å². The van der Waals surface area contributed by atoms with Crippen molar-refractivity contribution < 1.29 is 9.90 Å². The predicted octanol–water partition coefficient (Wildman–Crippen LogP) is 1.54. The normalized spacial score (nSPS) is 10.0. The van der Waals surface area contributed by atoms with E-state index in [2.05, 4.69) is 5.32 Å². The second-order valence-electron chi connectivity index (χ2n) is 3.39. The lowest BCUT2D eigenvalue weighted by Gasteiger charge is -2.11. The number of hydrogen-bond acceptors (Lipinski definition) is 2. The molecule has 0 spiro atoms. The van der Waals surface area contributed by atoms with E-state index < -0.39 is 6.61 Å². The van der Waals surface area contributed by atoms with Gasteiger partial charge in [0.05, 0.1) is 0 Å². The van der Waals surface area contributed by atoms with E-state index in [0.29, 0.717) is 0 Å². The summed E-state index contributed by atoms with van der Waals surface area (Å²) in [6, 6.07) is 3.81. The molecule has 0 aliphatic carbocycles. The number of aliphatic hydroxyl groups excluding tert-OH is 1. The minimum absolute atomic E-state index is 0.378. The molecule has 0 aromatic heterocycles. The lowest BCUT2D eigenvalue weighted by atomic mass is 10.0. The first kappa shape index (κ1) is 10.7. The third kappa shape index (κ3) is 2.12. The van der Waals surface area contributed by atoms with Crippen molar-refractivity contribution in [2.24, 2.45) is 0 Å². The van der Waals surface area contributed by atoms with Crippen molar-refractivity contribution in [2.75, 3.05) is 11.9 Å². The molecule has 2 N–H and O–H groups in total. The van der Waals surface area contributed by atoms with Crippen LogP contribution >= 0.6 is 0 Å². The fraction of sp³-hybridized carbons (Fsp3) is 0.364. The molecule has 0 heterocycles. The Labute approximate surface area is 83.8 Å². The molecule has 3 heteroatoms. The van der Waals surface area contributed by atoms with E-state index in [1.807, 2.05) is 32.9 Å². The Morgan fingerprint density at radius 1 is 1.29 bits per heavy atom. The number of nitrogens with one attached hydrogen (secondary N) is 1. The highest BCUT2D eigenvalue weighted by atomic mass is 16.3. The summed E-state index contributed by atoms with van der Waals surface area (Å²) in [5.74, 6) is -0.378. The molecule has 0 radical (unpaired) electrons. The zero-order valence-electron chi connectivity index (χ0n) is 8.72. The Bertz CT molecular complexity index is 359. The van der Waals surface area contributed by atoms with Gasteiger partial charge in [-0.15, -0.1) is 0 Å². The molecule has 0 fully saturated rings. The van der Waals surface area contributed by atoms with Gasteiger partial charge in [-0.3, -0.25) is 4.79 Å². The first-order chi connectivity index (χ1) is 6.56. The SMILES string of the molecule is Cc1ccc(NC(=O)CO)c(C)c1C. The minimum Gasteiger partial charge on any atom is -0.387 e. The van der Waals surface area contributed by atoms with Gasteiger partial charge in [-0.05, 0) is 43.5 Å². The number of amides is 1. The summed E-state index contributed by atoms with van der Waals surface area (Å²) in [6.45, 7) is 5.51. The maximum atomic E-state index is 11.0. The quantitative estimate of drug-likeness (QED) is 0.748. The summed E-state index contributed by atoms with van der Waals surface area (Å²) in [7, 11) is 0. The molecular formula is C11H15NO2. The number of benzene rings is 1. The Balaban J connectivity index is 3.00. The van der Waals surface area contributed by atoms with Crippen molar-refractivity contribution in [3.63, 3.8) is 0 Å². The maximum absolute atomic E-state index is 11.0. The first-order valence-corrected chi connectivity index (χ1v) is 4.53. The molecule has 0 unspecified atom stereocenters. The zero-order valence-corrected chi connectivity index (χ0v) is 8.72. The number of carbonyl (C=O) groups excluding carboxylic acids is 1. The molecule has 0 saturated heterocycles. The van der Waals surface area contributed by atoms with Crippen LogP contribution in [0.3, 0.4) is 0 Å². The molecule has 1 aromatic carbocycles. The van der Waals surface area contributed by atoms with Crippen LogP contribution in [-0.4, -0.2) is 17.6 Å². The van der Waals surface area contributed by atoms with Gasteiger partial charge in [0.15, 0.2) is 0 Å². The molecule has 1 rings (SSSR count). The van der Waals surface area contributed by atoms with Crippen LogP contribution in [0.4, 0.5) is 5.69 Å². The van der Waals surface area contributed by atoms with Crippen molar-refractivity contribution >= 4 is 11.6 Å². The highest BCUT2D eigenvalue weighted by molar-refractivity contribution is 5.92. The lowest BCUT2D eigenvalue weighted by Crippen LogP contribution is -2.16. The van der Waals surface area contributed by atoms with Crippen molar-refractivity contribution in [1.29, 1.82) is 0 Å². The number of hydrogen-bond donors (Lipinski definition) is 2. The van der Waals surface area contributed by atoms with Crippen molar-refractivity contribution in [3.05, 3.63) is 28.8 Å². The van der Waals surface area contributed by atoms with Gasteiger partial charge in [0.1, 0.15) is 6.61 Å². The number of aliphatic hydroxyl groups is 1. The Hall–Kier alpha value is -1.35. The molecule has 76 valence electrons. The van der Waals surface area contributed by atoms with E-state index in [1.165, 1.54) is 11.1 Å². The van der Waals surface area contributed by atoms with Gasteiger partial charge in [-0.2, -0.15) is 0 Å². The molecule has 0 bridgehead atoms. The third-order valence-electron chi connectivity index (χ3n) is 2.48. The first-order valence-electron chi connectivity index (χ1n) is 4.53. The van der Waals surface area contributed by atoms with Crippen LogP contribution in [0.1, 0.15) is 16.7 Å². The largest absolute Gasteiger partial charge is 0.387 e. The number of aryl methyl sites for hydroxylation is 1. The highest BCUT2D eigenvalue weighted by Crippen LogP contribution is 2.21. The van der Waals surface area contributed by atoms with Crippen LogP contribution in [0.25, 0.3) is 0 Å². The molecule has 1 aromatic rings. The van der Waals surface area contributed by atoms with Gasteiger partial charge < -0.3 is 10.4 Å². The fourth-order valence-corrected chi connectivity index (χ4v) is 1.28. The number of anilines is 1. The van der Waals surface area contributed by atoms with E-state index >= 15 is 0 Å². The van der Waals surface area contributed by atoms with Gasteiger partial charge >= 0.3 is 0 Å². The molecule has 0 atom stereocenters. The standard InChI is InChI=1S/C11H15NO2/c1-7-4-5-10(9(3)8(7)2)12-11(14)6-13/h4-5,13H,6H2,1-3H3,(H,12,14). The maximum Gasteiger partial charge on any atom is 0.250 e. The predicted molar refractivity (Wildman–Crippen MR) is 56.4 cm³/mol. The summed E-state index contributed by atoms with van der Waals surface area (Å²) in [6.07, 6.45) is 0. The smallest absolute Gasteiger partial charge is 0.250 e.